The van der Waals surface area contributed by atoms with E-state index in [9.17, 15) is 9.18 Å². The van der Waals surface area contributed by atoms with Crippen LogP contribution in [0.25, 0.3) is 0 Å². The molecule has 0 fully saturated rings. The van der Waals surface area contributed by atoms with Crippen LogP contribution in [0.1, 0.15) is 15.9 Å². The van der Waals surface area contributed by atoms with Crippen LogP contribution in [0.2, 0.25) is 5.02 Å². The first kappa shape index (κ1) is 14.8. The number of halogens is 3. The van der Waals surface area contributed by atoms with E-state index in [1.807, 2.05) is 0 Å². The molecule has 0 heterocycles. The fourth-order valence-electron chi connectivity index (χ4n) is 1.55. The molecule has 0 saturated heterocycles. The molecule has 2 aromatic carbocycles. The Hall–Kier alpha value is -1.59. The lowest BCUT2D eigenvalue weighted by atomic mass is 10.2. The lowest BCUT2D eigenvalue weighted by molar-refractivity contribution is 0.0696. The molecule has 0 radical (unpaired) electrons. The number of ether oxygens (including phenoxy) is 1. The van der Waals surface area contributed by atoms with E-state index >= 15 is 0 Å². The zero-order valence-electron chi connectivity index (χ0n) is 10.1. The Balaban J connectivity index is 2.13. The molecule has 0 saturated carbocycles. The van der Waals surface area contributed by atoms with Gasteiger partial charge in [0.25, 0.3) is 0 Å². The Bertz CT molecular complexity index is 661. The predicted octanol–water partition coefficient (Wildman–Crippen LogP) is 4.52. The van der Waals surface area contributed by atoms with Crippen LogP contribution >= 0.6 is 27.5 Å². The van der Waals surface area contributed by atoms with Crippen LogP contribution in [0.4, 0.5) is 4.39 Å². The average molecular weight is 360 g/mol. The summed E-state index contributed by atoms with van der Waals surface area (Å²) in [6.45, 7) is 0.157. The van der Waals surface area contributed by atoms with Gasteiger partial charge in [0.15, 0.2) is 0 Å². The molecule has 0 atom stereocenters. The van der Waals surface area contributed by atoms with Crippen molar-refractivity contribution in [1.29, 1.82) is 0 Å². The van der Waals surface area contributed by atoms with Crippen LogP contribution in [0.3, 0.4) is 0 Å². The molecule has 0 unspecified atom stereocenters. The first-order chi connectivity index (χ1) is 9.47. The normalized spacial score (nSPS) is 10.3. The summed E-state index contributed by atoms with van der Waals surface area (Å²) in [6.07, 6.45) is 0. The number of carboxylic acids is 1. The first-order valence-electron chi connectivity index (χ1n) is 5.57. The van der Waals surface area contributed by atoms with E-state index in [1.54, 1.807) is 6.07 Å². The zero-order chi connectivity index (χ0) is 14.7. The van der Waals surface area contributed by atoms with Gasteiger partial charge in [0.1, 0.15) is 18.2 Å². The van der Waals surface area contributed by atoms with E-state index in [4.69, 9.17) is 21.4 Å². The van der Waals surface area contributed by atoms with Gasteiger partial charge in [-0.05, 0) is 46.3 Å². The molecule has 2 rings (SSSR count). The highest BCUT2D eigenvalue weighted by Gasteiger charge is 2.09. The monoisotopic (exact) mass is 358 g/mol. The van der Waals surface area contributed by atoms with E-state index in [2.05, 4.69) is 15.9 Å². The fourth-order valence-corrected chi connectivity index (χ4v) is 2.26. The van der Waals surface area contributed by atoms with Gasteiger partial charge in [-0.1, -0.05) is 17.7 Å². The first-order valence-corrected chi connectivity index (χ1v) is 6.74. The van der Waals surface area contributed by atoms with Crippen molar-refractivity contribution in [3.63, 3.8) is 0 Å². The molecule has 0 aliphatic rings. The molecule has 6 heteroatoms. The van der Waals surface area contributed by atoms with E-state index in [0.717, 1.165) is 0 Å². The van der Waals surface area contributed by atoms with Crippen molar-refractivity contribution in [2.24, 2.45) is 0 Å². The minimum atomic E-state index is -1.01. The molecule has 2 aromatic rings. The van der Waals surface area contributed by atoms with Gasteiger partial charge in [0.05, 0.1) is 15.1 Å². The van der Waals surface area contributed by atoms with Crippen LogP contribution < -0.4 is 4.74 Å². The second-order valence-corrected chi connectivity index (χ2v) is 5.24. The minimum Gasteiger partial charge on any atom is -0.488 e. The Kier molecular flexibility index (Phi) is 4.62. The van der Waals surface area contributed by atoms with Gasteiger partial charge in [-0.25, -0.2) is 9.18 Å². The Labute approximate surface area is 128 Å². The Morgan fingerprint density at radius 3 is 2.65 bits per heavy atom. The second kappa shape index (κ2) is 6.24. The number of carbonyl (C=O) groups is 1. The quantitative estimate of drug-likeness (QED) is 0.873. The Morgan fingerprint density at radius 2 is 2.05 bits per heavy atom. The highest BCUT2D eigenvalue weighted by Crippen LogP contribution is 2.28. The van der Waals surface area contributed by atoms with Gasteiger partial charge >= 0.3 is 5.97 Å². The maximum absolute atomic E-state index is 12.9. The maximum Gasteiger partial charge on any atom is 0.335 e. The molecule has 20 heavy (non-hydrogen) atoms. The number of hydrogen-bond acceptors (Lipinski definition) is 2. The molecule has 104 valence electrons. The van der Waals surface area contributed by atoms with Crippen LogP contribution in [-0.2, 0) is 6.61 Å². The van der Waals surface area contributed by atoms with Gasteiger partial charge in [-0.15, -0.1) is 0 Å². The summed E-state index contributed by atoms with van der Waals surface area (Å²) < 4.78 is 19.0. The molecular weight excluding hydrogens is 351 g/mol. The molecule has 0 aliphatic carbocycles. The van der Waals surface area contributed by atoms with E-state index in [1.165, 1.54) is 30.3 Å². The number of rotatable bonds is 4. The summed E-state index contributed by atoms with van der Waals surface area (Å²) >= 11 is 9.13. The summed E-state index contributed by atoms with van der Waals surface area (Å²) in [6, 6.07) is 8.48. The molecular formula is C14H9BrClFO3. The number of hydrogen-bond donors (Lipinski definition) is 1. The second-order valence-electron chi connectivity index (χ2n) is 3.97. The van der Waals surface area contributed by atoms with Crippen molar-refractivity contribution < 1.29 is 19.0 Å². The smallest absolute Gasteiger partial charge is 0.335 e. The molecule has 1 N–H and O–H groups in total. The molecule has 0 bridgehead atoms. The summed E-state index contributed by atoms with van der Waals surface area (Å²) in [7, 11) is 0. The minimum absolute atomic E-state index is 0.157. The van der Waals surface area contributed by atoms with Crippen molar-refractivity contribution in [3.05, 3.63) is 62.8 Å². The third-order valence-electron chi connectivity index (χ3n) is 2.58. The largest absolute Gasteiger partial charge is 0.488 e. The van der Waals surface area contributed by atoms with E-state index in [-0.39, 0.29) is 17.2 Å². The van der Waals surface area contributed by atoms with Crippen molar-refractivity contribution in [3.8, 4) is 5.75 Å². The highest BCUT2D eigenvalue weighted by molar-refractivity contribution is 9.10. The van der Waals surface area contributed by atoms with Crippen molar-refractivity contribution in [1.82, 2.24) is 0 Å². The van der Waals surface area contributed by atoms with Crippen LogP contribution in [0, 0.1) is 5.82 Å². The predicted molar refractivity (Wildman–Crippen MR) is 76.8 cm³/mol. The summed E-state index contributed by atoms with van der Waals surface area (Å²) in [5.74, 6) is -0.944. The average Bonchev–Trinajstić information content (AvgIpc) is 2.38. The van der Waals surface area contributed by atoms with Gasteiger partial charge < -0.3 is 9.84 Å². The maximum atomic E-state index is 12.9. The van der Waals surface area contributed by atoms with Crippen molar-refractivity contribution in [2.45, 2.75) is 6.61 Å². The molecule has 0 spiro atoms. The van der Waals surface area contributed by atoms with E-state index < -0.39 is 11.8 Å². The van der Waals surface area contributed by atoms with E-state index in [0.29, 0.717) is 15.8 Å². The van der Waals surface area contributed by atoms with Crippen molar-refractivity contribution in [2.75, 3.05) is 0 Å². The third kappa shape index (κ3) is 3.49. The zero-order valence-corrected chi connectivity index (χ0v) is 12.4. The number of carboxylic acid groups (broad SMARTS) is 1. The van der Waals surface area contributed by atoms with Gasteiger partial charge in [0, 0.05) is 5.56 Å². The molecule has 0 aliphatic heterocycles. The summed E-state index contributed by atoms with van der Waals surface area (Å²) in [5, 5.41) is 9.14. The highest BCUT2D eigenvalue weighted by atomic mass is 79.9. The summed E-state index contributed by atoms with van der Waals surface area (Å²) in [5.41, 5.74) is 0.798. The lowest BCUT2D eigenvalue weighted by Crippen LogP contribution is -2.00. The molecule has 0 aromatic heterocycles. The molecule has 0 amide bonds. The van der Waals surface area contributed by atoms with Gasteiger partial charge in [-0.2, -0.15) is 0 Å². The topological polar surface area (TPSA) is 46.5 Å². The SMILES string of the molecule is O=C(O)c1ccc(OCc2ccc(F)cc2Cl)c(Br)c1. The van der Waals surface area contributed by atoms with Crippen molar-refractivity contribution >= 4 is 33.5 Å². The number of benzene rings is 2. The molecule has 3 nitrogen and oxygen atoms in total. The lowest BCUT2D eigenvalue weighted by Gasteiger charge is -2.10. The summed E-state index contributed by atoms with van der Waals surface area (Å²) in [4.78, 5) is 10.8. The van der Waals surface area contributed by atoms with Crippen LogP contribution in [0.15, 0.2) is 40.9 Å². The third-order valence-corrected chi connectivity index (χ3v) is 3.55. The standard InChI is InChI=1S/C14H9BrClFO3/c15-11-5-8(14(18)19)2-4-13(11)20-7-9-1-3-10(17)6-12(9)16/h1-6H,7H2,(H,18,19). The van der Waals surface area contributed by atoms with Crippen LogP contribution in [-0.4, -0.2) is 11.1 Å². The van der Waals surface area contributed by atoms with Gasteiger partial charge in [-0.3, -0.25) is 0 Å². The fraction of sp³-hybridized carbons (Fsp3) is 0.0714. The van der Waals surface area contributed by atoms with Gasteiger partial charge in [0.2, 0.25) is 0 Å². The van der Waals surface area contributed by atoms with Crippen LogP contribution in [0.5, 0.6) is 5.75 Å². The number of aromatic carboxylic acids is 1. The Morgan fingerprint density at radius 1 is 1.30 bits per heavy atom.